The van der Waals surface area contributed by atoms with Crippen molar-refractivity contribution in [1.82, 2.24) is 0 Å². The molecule has 1 aromatic rings. The second kappa shape index (κ2) is 4.33. The molecule has 1 atom stereocenters. The van der Waals surface area contributed by atoms with Crippen LogP contribution in [-0.4, -0.2) is 28.4 Å². The summed E-state index contributed by atoms with van der Waals surface area (Å²) < 4.78 is 13.7. The van der Waals surface area contributed by atoms with E-state index in [0.717, 1.165) is 24.3 Å². The molecule has 6 heteroatoms. The number of benzene rings is 1. The van der Waals surface area contributed by atoms with Gasteiger partial charge in [-0.3, -0.25) is 5.01 Å². The number of aryl methyl sites for hydroxylation is 1. The van der Waals surface area contributed by atoms with Gasteiger partial charge in [-0.05, 0) is 37.5 Å². The molecule has 3 rings (SSSR count). The number of hydrogen-bond donors (Lipinski definition) is 2. The minimum atomic E-state index is -1.29. The molecule has 0 aliphatic carbocycles. The van der Waals surface area contributed by atoms with E-state index < -0.39 is 17.5 Å². The highest BCUT2D eigenvalue weighted by Gasteiger charge is 2.31. The highest BCUT2D eigenvalue weighted by Crippen LogP contribution is 2.39. The number of carboxylic acid groups (broad SMARTS) is 1. The Morgan fingerprint density at radius 2 is 2.25 bits per heavy atom. The average Bonchev–Trinajstić information content (AvgIpc) is 2.53. The first kappa shape index (κ1) is 12.7. The summed E-state index contributed by atoms with van der Waals surface area (Å²) in [7, 11) is 0. The van der Waals surface area contributed by atoms with E-state index in [-0.39, 0.29) is 17.2 Å². The van der Waals surface area contributed by atoms with Crippen LogP contribution in [0.5, 0.6) is 0 Å². The Morgan fingerprint density at radius 3 is 2.95 bits per heavy atom. The Kier molecular flexibility index (Phi) is 2.74. The molecule has 0 aromatic heterocycles. The quantitative estimate of drug-likeness (QED) is 0.825. The van der Waals surface area contributed by atoms with Crippen LogP contribution in [0.2, 0.25) is 0 Å². The Balaban J connectivity index is 2.33. The maximum absolute atomic E-state index is 13.7. The third-order valence-corrected chi connectivity index (χ3v) is 3.68. The lowest BCUT2D eigenvalue weighted by molar-refractivity contribution is -0.132. The van der Waals surface area contributed by atoms with E-state index in [4.69, 9.17) is 5.11 Å². The summed E-state index contributed by atoms with van der Waals surface area (Å²) in [4.78, 5) is 11.2. The normalized spacial score (nSPS) is 20.7. The molecule has 1 aromatic carbocycles. The molecule has 0 bridgehead atoms. The number of nitrogens with zero attached hydrogens (tertiary/aromatic N) is 2. The van der Waals surface area contributed by atoms with E-state index in [1.54, 1.807) is 5.01 Å². The summed E-state index contributed by atoms with van der Waals surface area (Å²) in [6.45, 7) is 1.95. The van der Waals surface area contributed by atoms with Gasteiger partial charge in [-0.2, -0.15) is 5.10 Å². The van der Waals surface area contributed by atoms with Crippen molar-refractivity contribution < 1.29 is 19.4 Å². The van der Waals surface area contributed by atoms with Gasteiger partial charge in [0.2, 0.25) is 0 Å². The van der Waals surface area contributed by atoms with Crippen LogP contribution in [0.25, 0.3) is 5.76 Å². The molecule has 0 saturated carbocycles. The number of anilines is 1. The minimum absolute atomic E-state index is 0.0592. The highest BCUT2D eigenvalue weighted by atomic mass is 19.1. The van der Waals surface area contributed by atoms with E-state index >= 15 is 0 Å². The minimum Gasteiger partial charge on any atom is -0.506 e. The summed E-state index contributed by atoms with van der Waals surface area (Å²) in [5, 5.41) is 25.1. The summed E-state index contributed by atoms with van der Waals surface area (Å²) in [6.07, 6.45) is 2.57. The average molecular weight is 276 g/mol. The highest BCUT2D eigenvalue weighted by molar-refractivity contribution is 6.15. The van der Waals surface area contributed by atoms with E-state index in [1.165, 1.54) is 6.07 Å². The van der Waals surface area contributed by atoms with E-state index in [0.29, 0.717) is 12.1 Å². The van der Waals surface area contributed by atoms with Crippen LogP contribution in [-0.2, 0) is 11.2 Å². The molecule has 0 saturated heterocycles. The molecule has 0 spiro atoms. The molecule has 20 heavy (non-hydrogen) atoms. The van der Waals surface area contributed by atoms with Crippen LogP contribution >= 0.6 is 0 Å². The summed E-state index contributed by atoms with van der Waals surface area (Å²) >= 11 is 0. The van der Waals surface area contributed by atoms with E-state index in [9.17, 15) is 14.3 Å². The predicted molar refractivity (Wildman–Crippen MR) is 72.3 cm³/mol. The van der Waals surface area contributed by atoms with Gasteiger partial charge in [0.25, 0.3) is 0 Å². The summed E-state index contributed by atoms with van der Waals surface area (Å²) in [5.74, 6) is -2.24. The topological polar surface area (TPSA) is 73.1 Å². The number of carboxylic acids is 1. The molecule has 2 N–H and O–H groups in total. The maximum atomic E-state index is 13.7. The second-order valence-electron chi connectivity index (χ2n) is 5.01. The first-order valence-corrected chi connectivity index (χ1v) is 6.31. The van der Waals surface area contributed by atoms with E-state index in [2.05, 4.69) is 5.10 Å². The fourth-order valence-electron chi connectivity index (χ4n) is 2.66. The van der Waals surface area contributed by atoms with Gasteiger partial charge in [-0.1, -0.05) is 0 Å². The third kappa shape index (κ3) is 1.76. The van der Waals surface area contributed by atoms with Crippen LogP contribution in [0, 0.1) is 5.82 Å². The van der Waals surface area contributed by atoms with Gasteiger partial charge in [-0.15, -0.1) is 0 Å². The number of aliphatic hydroxyl groups is 1. The van der Waals surface area contributed by atoms with Crippen molar-refractivity contribution in [3.63, 3.8) is 0 Å². The van der Waals surface area contributed by atoms with Gasteiger partial charge in [0, 0.05) is 5.56 Å². The molecule has 2 heterocycles. The Hall–Kier alpha value is -2.37. The molecular weight excluding hydrogens is 263 g/mol. The number of halogens is 1. The Morgan fingerprint density at radius 1 is 1.50 bits per heavy atom. The van der Waals surface area contributed by atoms with Gasteiger partial charge in [-0.25, -0.2) is 9.18 Å². The molecule has 2 aliphatic heterocycles. The molecule has 2 aliphatic rings. The molecule has 0 fully saturated rings. The molecular formula is C14H13FN2O3. The first-order valence-electron chi connectivity index (χ1n) is 6.31. The monoisotopic (exact) mass is 276 g/mol. The first-order chi connectivity index (χ1) is 9.49. The molecule has 5 nitrogen and oxygen atoms in total. The summed E-state index contributed by atoms with van der Waals surface area (Å²) in [5.41, 5.74) is 1.17. The molecule has 0 radical (unpaired) electrons. The molecule has 1 unspecified atom stereocenters. The van der Waals surface area contributed by atoms with E-state index in [1.807, 2.05) is 6.92 Å². The lowest BCUT2D eigenvalue weighted by atomic mass is 9.93. The number of carbonyl (C=O) groups is 1. The predicted octanol–water partition coefficient (Wildman–Crippen LogP) is 2.32. The van der Waals surface area contributed by atoms with Gasteiger partial charge < -0.3 is 10.2 Å². The zero-order valence-corrected chi connectivity index (χ0v) is 10.8. The van der Waals surface area contributed by atoms with Crippen LogP contribution < -0.4 is 5.01 Å². The van der Waals surface area contributed by atoms with Crippen molar-refractivity contribution in [2.45, 2.75) is 25.8 Å². The standard InChI is InChI=1S/C14H13FN2O3/c1-7-2-3-8-4-9(15)5-10-12(8)17(7)16-6-11(13(10)18)14(19)20/h4-7,18H,2-3H2,1H3,(H,19,20). The smallest absolute Gasteiger partial charge is 0.341 e. The zero-order chi connectivity index (χ0) is 14.4. The van der Waals surface area contributed by atoms with Crippen molar-refractivity contribution in [2.24, 2.45) is 5.10 Å². The van der Waals surface area contributed by atoms with Crippen molar-refractivity contribution in [1.29, 1.82) is 0 Å². The second-order valence-corrected chi connectivity index (χ2v) is 5.01. The number of rotatable bonds is 1. The van der Waals surface area contributed by atoms with Gasteiger partial charge in [0.15, 0.2) is 0 Å². The fraction of sp³-hybridized carbons (Fsp3) is 0.286. The zero-order valence-electron chi connectivity index (χ0n) is 10.8. The fourth-order valence-corrected chi connectivity index (χ4v) is 2.66. The molecule has 0 amide bonds. The Labute approximate surface area is 114 Å². The lowest BCUT2D eigenvalue weighted by Gasteiger charge is -2.33. The number of aliphatic carboxylic acids is 1. The van der Waals surface area contributed by atoms with Crippen molar-refractivity contribution in [2.75, 3.05) is 5.01 Å². The largest absolute Gasteiger partial charge is 0.506 e. The number of aliphatic hydroxyl groups excluding tert-OH is 1. The van der Waals surface area contributed by atoms with Gasteiger partial charge >= 0.3 is 5.97 Å². The van der Waals surface area contributed by atoms with Crippen LogP contribution in [0.3, 0.4) is 0 Å². The lowest BCUT2D eigenvalue weighted by Crippen LogP contribution is -2.33. The van der Waals surface area contributed by atoms with Crippen molar-refractivity contribution in [3.8, 4) is 0 Å². The Bertz CT molecular complexity index is 667. The summed E-state index contributed by atoms with van der Waals surface area (Å²) in [6, 6.07) is 2.62. The molecule has 104 valence electrons. The van der Waals surface area contributed by atoms with Crippen LogP contribution in [0.15, 0.2) is 22.8 Å². The van der Waals surface area contributed by atoms with Crippen LogP contribution in [0.4, 0.5) is 10.1 Å². The van der Waals surface area contributed by atoms with Crippen molar-refractivity contribution >= 4 is 23.6 Å². The van der Waals surface area contributed by atoms with Crippen LogP contribution in [0.1, 0.15) is 24.5 Å². The van der Waals surface area contributed by atoms with Gasteiger partial charge in [0.05, 0.1) is 17.9 Å². The van der Waals surface area contributed by atoms with Gasteiger partial charge in [0.1, 0.15) is 17.1 Å². The van der Waals surface area contributed by atoms with Crippen molar-refractivity contribution in [3.05, 3.63) is 34.6 Å². The number of hydrogen-bond acceptors (Lipinski definition) is 4. The SMILES string of the molecule is CC1CCc2cc(F)cc3c2N1N=CC(C(=O)O)=C3O. The maximum Gasteiger partial charge on any atom is 0.341 e. The number of hydrazone groups is 1. The third-order valence-electron chi connectivity index (χ3n) is 3.68.